The number of hydrogen-bond donors (Lipinski definition) is 0. The van der Waals surface area contributed by atoms with Gasteiger partial charge in [-0.05, 0) is 72.8 Å². The molecule has 0 bridgehead atoms. The van der Waals surface area contributed by atoms with Gasteiger partial charge < -0.3 is 13.4 Å². The highest BCUT2D eigenvalue weighted by molar-refractivity contribution is 6.12. The maximum absolute atomic E-state index is 9.94. The monoisotopic (exact) mass is 578 g/mol. The third-order valence-corrected chi connectivity index (χ3v) is 8.33. The average molecular weight is 579 g/mol. The number of nitrogens with zero attached hydrogens (tertiary/aromatic N) is 4. The number of aromatic nitrogens is 3. The second-order valence-corrected chi connectivity index (χ2v) is 10.9. The van der Waals surface area contributed by atoms with Crippen LogP contribution < -0.4 is 0 Å². The van der Waals surface area contributed by atoms with Crippen molar-refractivity contribution < 1.29 is 8.83 Å². The maximum atomic E-state index is 9.94. The lowest BCUT2D eigenvalue weighted by Gasteiger charge is -2.15. The van der Waals surface area contributed by atoms with Crippen LogP contribution in [0.1, 0.15) is 5.56 Å². The standard InChI is InChI=1S/C39H22N4O2/c40-23-26-9-1-2-10-27(26)28-11-3-6-14-33(28)43-34-19-17-24(38-41-31-12-4-7-15-36(31)44-38)21-29(34)30-22-25(18-20-35(30)43)39-42-32-13-5-8-16-37(32)45-39/h1-22H. The van der Waals surface area contributed by atoms with Crippen LogP contribution in [0.5, 0.6) is 0 Å². The fraction of sp³-hybridized carbons (Fsp3) is 0. The van der Waals surface area contributed by atoms with Crippen molar-refractivity contribution in [2.24, 2.45) is 0 Å². The molecule has 0 unspecified atom stereocenters. The molecule has 0 atom stereocenters. The van der Waals surface area contributed by atoms with Crippen LogP contribution in [0.2, 0.25) is 0 Å². The van der Waals surface area contributed by atoms with Crippen LogP contribution in [-0.2, 0) is 0 Å². The van der Waals surface area contributed by atoms with Crippen LogP contribution in [0.4, 0.5) is 0 Å². The van der Waals surface area contributed by atoms with E-state index in [0.29, 0.717) is 17.3 Å². The average Bonchev–Trinajstić information content (AvgIpc) is 3.81. The SMILES string of the molecule is N#Cc1ccccc1-c1ccccc1-n1c2ccc(-c3nc4ccccc4o3)cc2c2cc(-c3nc4ccccc4o3)ccc21. The molecule has 45 heavy (non-hydrogen) atoms. The molecule has 0 fully saturated rings. The van der Waals surface area contributed by atoms with Gasteiger partial charge in [0.2, 0.25) is 11.8 Å². The molecule has 0 amide bonds. The summed E-state index contributed by atoms with van der Waals surface area (Å²) in [6, 6.07) is 46.5. The van der Waals surface area contributed by atoms with Crippen molar-refractivity contribution in [2.75, 3.05) is 0 Å². The van der Waals surface area contributed by atoms with E-state index in [0.717, 1.165) is 71.9 Å². The molecule has 0 radical (unpaired) electrons. The minimum absolute atomic E-state index is 0.567. The van der Waals surface area contributed by atoms with Gasteiger partial charge in [0.1, 0.15) is 11.0 Å². The molecule has 0 N–H and O–H groups in total. The van der Waals surface area contributed by atoms with E-state index < -0.39 is 0 Å². The summed E-state index contributed by atoms with van der Waals surface area (Å²) < 4.78 is 14.6. The summed E-state index contributed by atoms with van der Waals surface area (Å²) in [7, 11) is 0. The second-order valence-electron chi connectivity index (χ2n) is 10.9. The molecule has 6 nitrogen and oxygen atoms in total. The van der Waals surface area contributed by atoms with Crippen molar-refractivity contribution >= 4 is 44.0 Å². The van der Waals surface area contributed by atoms with E-state index in [-0.39, 0.29) is 0 Å². The topological polar surface area (TPSA) is 80.8 Å². The van der Waals surface area contributed by atoms with Crippen molar-refractivity contribution in [3.05, 3.63) is 139 Å². The van der Waals surface area contributed by atoms with Gasteiger partial charge in [-0.1, -0.05) is 60.7 Å². The Balaban J connectivity index is 1.33. The zero-order valence-corrected chi connectivity index (χ0v) is 23.8. The summed E-state index contributed by atoms with van der Waals surface area (Å²) in [6.45, 7) is 0. The molecule has 0 spiro atoms. The summed E-state index contributed by atoms with van der Waals surface area (Å²) in [5, 5.41) is 12.0. The van der Waals surface area contributed by atoms with Crippen LogP contribution in [0.3, 0.4) is 0 Å². The first-order chi connectivity index (χ1) is 22.2. The van der Waals surface area contributed by atoms with Crippen molar-refractivity contribution in [3.63, 3.8) is 0 Å². The van der Waals surface area contributed by atoms with Gasteiger partial charge in [-0.2, -0.15) is 5.26 Å². The predicted octanol–water partition coefficient (Wildman–Crippen LogP) is 9.94. The lowest BCUT2D eigenvalue weighted by atomic mass is 9.98. The van der Waals surface area contributed by atoms with E-state index in [1.165, 1.54) is 0 Å². The first kappa shape index (κ1) is 25.1. The molecule has 3 heterocycles. The molecule has 210 valence electrons. The number of nitriles is 1. The lowest BCUT2D eigenvalue weighted by molar-refractivity contribution is 0.619. The number of benzene rings is 6. The fourth-order valence-corrected chi connectivity index (χ4v) is 6.25. The van der Waals surface area contributed by atoms with Gasteiger partial charge >= 0.3 is 0 Å². The maximum Gasteiger partial charge on any atom is 0.227 e. The molecule has 6 aromatic carbocycles. The summed E-state index contributed by atoms with van der Waals surface area (Å²) in [5.41, 5.74) is 10.4. The van der Waals surface area contributed by atoms with Gasteiger partial charge in [-0.25, -0.2) is 9.97 Å². The zero-order valence-electron chi connectivity index (χ0n) is 23.8. The molecule has 6 heteroatoms. The van der Waals surface area contributed by atoms with Gasteiger partial charge in [0.15, 0.2) is 11.2 Å². The van der Waals surface area contributed by atoms with E-state index in [1.54, 1.807) is 0 Å². The molecule has 9 aromatic rings. The molecule has 0 saturated carbocycles. The van der Waals surface area contributed by atoms with Gasteiger partial charge in [-0.3, -0.25) is 0 Å². The summed E-state index contributed by atoms with van der Waals surface area (Å²) in [5.74, 6) is 1.13. The first-order valence-corrected chi connectivity index (χ1v) is 14.6. The van der Waals surface area contributed by atoms with Crippen LogP contribution >= 0.6 is 0 Å². The van der Waals surface area contributed by atoms with Crippen LogP contribution in [-0.4, -0.2) is 14.5 Å². The Morgan fingerprint density at radius 2 is 1.04 bits per heavy atom. The highest BCUT2D eigenvalue weighted by Crippen LogP contribution is 2.40. The smallest absolute Gasteiger partial charge is 0.227 e. The Labute approximate surface area is 257 Å². The highest BCUT2D eigenvalue weighted by atomic mass is 16.4. The minimum atomic E-state index is 0.567. The Bertz CT molecular complexity index is 2440. The molecule has 0 saturated heterocycles. The zero-order chi connectivity index (χ0) is 29.9. The van der Waals surface area contributed by atoms with Crippen molar-refractivity contribution in [3.8, 4) is 45.8 Å². The van der Waals surface area contributed by atoms with Crippen molar-refractivity contribution in [1.29, 1.82) is 5.26 Å². The quantitative estimate of drug-likeness (QED) is 0.208. The molecule has 0 aliphatic heterocycles. The molecular weight excluding hydrogens is 556 g/mol. The number of rotatable bonds is 4. The Morgan fingerprint density at radius 1 is 0.533 bits per heavy atom. The first-order valence-electron chi connectivity index (χ1n) is 14.6. The number of para-hydroxylation sites is 5. The number of oxazole rings is 2. The minimum Gasteiger partial charge on any atom is -0.436 e. The van der Waals surface area contributed by atoms with Crippen LogP contribution in [0.15, 0.2) is 142 Å². The van der Waals surface area contributed by atoms with Crippen LogP contribution in [0.25, 0.3) is 83.7 Å². The molecule has 3 aromatic heterocycles. The fourth-order valence-electron chi connectivity index (χ4n) is 6.25. The largest absolute Gasteiger partial charge is 0.436 e. The number of fused-ring (bicyclic) bond motifs is 5. The van der Waals surface area contributed by atoms with Gasteiger partial charge in [0, 0.05) is 33.0 Å². The summed E-state index contributed by atoms with van der Waals surface area (Å²) >= 11 is 0. The predicted molar refractivity (Wildman–Crippen MR) is 177 cm³/mol. The van der Waals surface area contributed by atoms with E-state index in [9.17, 15) is 5.26 Å². The summed E-state index contributed by atoms with van der Waals surface area (Å²) in [4.78, 5) is 9.54. The van der Waals surface area contributed by atoms with Crippen molar-refractivity contribution in [1.82, 2.24) is 14.5 Å². The van der Waals surface area contributed by atoms with Gasteiger partial charge in [-0.15, -0.1) is 0 Å². The van der Waals surface area contributed by atoms with E-state index in [1.807, 2.05) is 84.9 Å². The van der Waals surface area contributed by atoms with E-state index in [4.69, 9.17) is 18.8 Å². The third-order valence-electron chi connectivity index (χ3n) is 8.33. The molecule has 0 aliphatic carbocycles. The summed E-state index contributed by atoms with van der Waals surface area (Å²) in [6.07, 6.45) is 0. The van der Waals surface area contributed by atoms with Gasteiger partial charge in [0.05, 0.1) is 28.4 Å². The number of hydrogen-bond acceptors (Lipinski definition) is 5. The molecule has 9 rings (SSSR count). The second kappa shape index (κ2) is 9.80. The van der Waals surface area contributed by atoms with E-state index >= 15 is 0 Å². The molecule has 0 aliphatic rings. The van der Waals surface area contributed by atoms with Crippen LogP contribution in [0, 0.1) is 11.3 Å². The normalized spacial score (nSPS) is 11.5. The van der Waals surface area contributed by atoms with Gasteiger partial charge in [0.25, 0.3) is 0 Å². The van der Waals surface area contributed by atoms with E-state index in [2.05, 4.69) is 59.2 Å². The lowest BCUT2D eigenvalue weighted by Crippen LogP contribution is -1.98. The molecular formula is C39H22N4O2. The van der Waals surface area contributed by atoms with Crippen molar-refractivity contribution in [2.45, 2.75) is 0 Å². The Kier molecular flexibility index (Phi) is 5.46. The highest BCUT2D eigenvalue weighted by Gasteiger charge is 2.20. The Morgan fingerprint density at radius 3 is 1.62 bits per heavy atom. The Hall–Kier alpha value is -6.45. The third kappa shape index (κ3) is 3.95.